The van der Waals surface area contributed by atoms with Crippen molar-refractivity contribution in [1.29, 1.82) is 0 Å². The van der Waals surface area contributed by atoms with E-state index in [0.29, 0.717) is 23.4 Å². The molecule has 0 fully saturated rings. The number of cyclic esters (lactones) is 1. The largest absolute Gasteiger partial charge is 0.457 e. The second-order valence-electron chi connectivity index (χ2n) is 5.27. The van der Waals surface area contributed by atoms with Gasteiger partial charge in [-0.05, 0) is 28.8 Å². The Morgan fingerprint density at radius 3 is 2.43 bits per heavy atom. The van der Waals surface area contributed by atoms with E-state index in [1.807, 2.05) is 5.43 Å². The summed E-state index contributed by atoms with van der Waals surface area (Å²) < 4.78 is 4.78. The molecule has 12 nitrogen and oxygen atoms in total. The normalized spacial score (nSPS) is 11.0. The van der Waals surface area contributed by atoms with Gasteiger partial charge in [0.1, 0.15) is 6.61 Å². The molecule has 3 rings (SSSR count). The number of fused-ring (bicyclic) bond motifs is 1. The molecule has 0 spiro atoms. The topological polar surface area (TPSA) is 199 Å². The van der Waals surface area contributed by atoms with Gasteiger partial charge in [-0.25, -0.2) is 10.6 Å². The van der Waals surface area contributed by atoms with E-state index in [1.165, 1.54) is 24.3 Å². The van der Waals surface area contributed by atoms with Gasteiger partial charge >= 0.3 is 5.97 Å². The zero-order valence-corrected chi connectivity index (χ0v) is 14.3. The molecule has 1 heterocycles. The predicted octanol–water partition coefficient (Wildman–Crippen LogP) is 3.02. The van der Waals surface area contributed by atoms with Crippen molar-refractivity contribution in [2.45, 2.75) is 13.2 Å². The predicted molar refractivity (Wildman–Crippen MR) is 97.2 cm³/mol. The first kappa shape index (κ1) is 20.2. The Hall–Kier alpha value is -4.08. The molecule has 142 valence electrons. The Balaban J connectivity index is 0.000000202. The molecule has 12 heteroatoms. The molecule has 0 aromatic heterocycles. The van der Waals surface area contributed by atoms with Crippen LogP contribution in [0.4, 0.5) is 11.4 Å². The first-order valence-electron chi connectivity index (χ1n) is 7.69. The van der Waals surface area contributed by atoms with Crippen molar-refractivity contribution in [2.24, 2.45) is 16.1 Å². The van der Waals surface area contributed by atoms with Crippen molar-refractivity contribution < 1.29 is 19.4 Å². The van der Waals surface area contributed by atoms with Crippen LogP contribution in [0.15, 0.2) is 46.6 Å². The number of nitrogen functional groups attached to an aromatic ring is 1. The Bertz CT molecular complexity index is 1010. The zero-order valence-electron chi connectivity index (χ0n) is 14.3. The fraction of sp³-hybridized carbons (Fsp3) is 0.125. The standard InChI is InChI=1S/C8H9N5O2.C8H5N3O2/c9-11-8(15)7-3-6(12-13-10)2-1-5(7)4-14;9-11-10-6-2-1-5-4-13-8(12)7(5)3-6/h1-3,14H,4,9H2,(H,11,15);1-3H,4H2. The van der Waals surface area contributed by atoms with E-state index in [2.05, 4.69) is 20.1 Å². The molecule has 4 N–H and O–H groups in total. The van der Waals surface area contributed by atoms with Gasteiger partial charge in [0.15, 0.2) is 0 Å². The molecule has 1 aliphatic rings. The number of carbonyl (C=O) groups is 2. The van der Waals surface area contributed by atoms with Gasteiger partial charge in [0, 0.05) is 32.3 Å². The third kappa shape index (κ3) is 4.75. The van der Waals surface area contributed by atoms with Crippen LogP contribution in [0.25, 0.3) is 20.9 Å². The van der Waals surface area contributed by atoms with Crippen molar-refractivity contribution >= 4 is 23.3 Å². The Morgan fingerprint density at radius 1 is 1.18 bits per heavy atom. The molecule has 28 heavy (non-hydrogen) atoms. The van der Waals surface area contributed by atoms with Gasteiger partial charge in [0.25, 0.3) is 5.91 Å². The average molecular weight is 382 g/mol. The van der Waals surface area contributed by atoms with Gasteiger partial charge < -0.3 is 9.84 Å². The summed E-state index contributed by atoms with van der Waals surface area (Å²) in [5, 5.41) is 15.7. The van der Waals surface area contributed by atoms with Gasteiger partial charge in [-0.1, -0.05) is 34.5 Å². The van der Waals surface area contributed by atoms with Gasteiger partial charge in [0.05, 0.1) is 12.2 Å². The van der Waals surface area contributed by atoms with Crippen LogP contribution >= 0.6 is 0 Å². The minimum absolute atomic E-state index is 0.185. The van der Waals surface area contributed by atoms with Crippen LogP contribution in [0.2, 0.25) is 0 Å². The van der Waals surface area contributed by atoms with Crippen LogP contribution in [0.3, 0.4) is 0 Å². The Kier molecular flexibility index (Phi) is 6.92. The summed E-state index contributed by atoms with van der Waals surface area (Å²) in [6.07, 6.45) is 0. The number of hydrogen-bond donors (Lipinski definition) is 3. The molecule has 0 aliphatic carbocycles. The highest BCUT2D eigenvalue weighted by Gasteiger charge is 2.20. The van der Waals surface area contributed by atoms with Crippen molar-refractivity contribution in [1.82, 2.24) is 5.43 Å². The minimum atomic E-state index is -0.547. The first-order chi connectivity index (χ1) is 13.5. The van der Waals surface area contributed by atoms with Crippen LogP contribution in [0.1, 0.15) is 31.8 Å². The highest BCUT2D eigenvalue weighted by molar-refractivity contribution is 5.96. The van der Waals surface area contributed by atoms with Crippen LogP contribution in [-0.4, -0.2) is 17.0 Å². The second-order valence-corrected chi connectivity index (χ2v) is 5.27. The summed E-state index contributed by atoms with van der Waals surface area (Å²) in [5.74, 6) is 4.06. The molecule has 0 unspecified atom stereocenters. The molecule has 0 saturated carbocycles. The monoisotopic (exact) mass is 382 g/mol. The zero-order chi connectivity index (χ0) is 20.5. The third-order valence-corrected chi connectivity index (χ3v) is 3.63. The van der Waals surface area contributed by atoms with E-state index >= 15 is 0 Å². The van der Waals surface area contributed by atoms with E-state index in [0.717, 1.165) is 5.56 Å². The number of hydrazine groups is 1. The van der Waals surface area contributed by atoms with E-state index in [1.54, 1.807) is 12.1 Å². The highest BCUT2D eigenvalue weighted by atomic mass is 16.5. The molecular weight excluding hydrogens is 368 g/mol. The number of nitrogens with zero attached hydrogens (tertiary/aromatic N) is 6. The van der Waals surface area contributed by atoms with Gasteiger partial charge in [-0.3, -0.25) is 10.2 Å². The van der Waals surface area contributed by atoms with E-state index in [-0.39, 0.29) is 23.8 Å². The summed E-state index contributed by atoms with van der Waals surface area (Å²) in [7, 11) is 0. The fourth-order valence-electron chi connectivity index (χ4n) is 2.32. The number of nitrogens with two attached hydrogens (primary N) is 1. The van der Waals surface area contributed by atoms with E-state index in [4.69, 9.17) is 26.7 Å². The number of rotatable bonds is 4. The summed E-state index contributed by atoms with van der Waals surface area (Å²) in [4.78, 5) is 27.5. The van der Waals surface area contributed by atoms with Crippen LogP contribution in [0.5, 0.6) is 0 Å². The lowest BCUT2D eigenvalue weighted by atomic mass is 10.1. The maximum Gasteiger partial charge on any atom is 0.338 e. The van der Waals surface area contributed by atoms with Crippen LogP contribution in [-0.2, 0) is 18.0 Å². The smallest absolute Gasteiger partial charge is 0.338 e. The molecule has 2 aromatic carbocycles. The molecule has 0 bridgehead atoms. The van der Waals surface area contributed by atoms with Crippen LogP contribution in [0, 0.1) is 0 Å². The molecule has 2 aromatic rings. The summed E-state index contributed by atoms with van der Waals surface area (Å²) in [6, 6.07) is 9.26. The number of ether oxygens (including phenoxy) is 1. The number of carbonyl (C=O) groups excluding carboxylic acids is 2. The van der Waals surface area contributed by atoms with Crippen molar-refractivity contribution in [3.63, 3.8) is 0 Å². The third-order valence-electron chi connectivity index (χ3n) is 3.63. The van der Waals surface area contributed by atoms with Crippen LogP contribution < -0.4 is 11.3 Å². The molecular formula is C16H14N8O4. The number of esters is 1. The Morgan fingerprint density at radius 2 is 1.82 bits per heavy atom. The van der Waals surface area contributed by atoms with Crippen molar-refractivity contribution in [2.75, 3.05) is 0 Å². The molecule has 1 aliphatic heterocycles. The number of hydrogen-bond acceptors (Lipinski definition) is 7. The van der Waals surface area contributed by atoms with Gasteiger partial charge in [-0.15, -0.1) is 0 Å². The van der Waals surface area contributed by atoms with E-state index < -0.39 is 5.91 Å². The van der Waals surface area contributed by atoms with Gasteiger partial charge in [-0.2, -0.15) is 0 Å². The first-order valence-corrected chi connectivity index (χ1v) is 7.69. The SMILES string of the molecule is [N-]=[N+]=Nc1ccc(CO)c(C(=O)NN)c1.[N-]=[N+]=Nc1ccc2c(c1)C(=O)OC2. The minimum Gasteiger partial charge on any atom is -0.457 e. The number of azide groups is 2. The maximum absolute atomic E-state index is 11.3. The number of aliphatic hydroxyl groups is 1. The number of benzene rings is 2. The Labute approximate surface area is 157 Å². The van der Waals surface area contributed by atoms with Crippen molar-refractivity contribution in [3.8, 4) is 0 Å². The lowest BCUT2D eigenvalue weighted by Gasteiger charge is -2.06. The van der Waals surface area contributed by atoms with Gasteiger partial charge in [0.2, 0.25) is 0 Å². The molecule has 1 amide bonds. The average Bonchev–Trinajstić information content (AvgIpc) is 3.09. The van der Waals surface area contributed by atoms with E-state index in [9.17, 15) is 9.59 Å². The summed E-state index contributed by atoms with van der Waals surface area (Å²) in [5.41, 5.74) is 21.0. The quantitative estimate of drug-likeness (QED) is 0.138. The second kappa shape index (κ2) is 9.57. The highest BCUT2D eigenvalue weighted by Crippen LogP contribution is 2.24. The van der Waals surface area contributed by atoms with Crippen molar-refractivity contribution in [3.05, 3.63) is 79.5 Å². The molecule has 0 atom stereocenters. The molecule has 0 radical (unpaired) electrons. The lowest BCUT2D eigenvalue weighted by Crippen LogP contribution is -2.30. The summed E-state index contributed by atoms with van der Waals surface area (Å²) in [6.45, 7) is 0.0179. The number of nitrogens with one attached hydrogen (secondary N) is 1. The number of aliphatic hydroxyl groups excluding tert-OH is 1. The lowest BCUT2D eigenvalue weighted by molar-refractivity contribution is 0.0535. The maximum atomic E-state index is 11.3. The fourth-order valence-corrected chi connectivity index (χ4v) is 2.32. The molecule has 0 saturated heterocycles. The summed E-state index contributed by atoms with van der Waals surface area (Å²) >= 11 is 0. The number of amides is 1.